The molecule has 2 nitrogen and oxygen atoms in total. The molecule has 0 amide bonds. The second-order valence-electron chi connectivity index (χ2n) is 8.51. The summed E-state index contributed by atoms with van der Waals surface area (Å²) in [6, 6.07) is 13.3. The van der Waals surface area contributed by atoms with Crippen molar-refractivity contribution < 1.29 is 13.9 Å². The van der Waals surface area contributed by atoms with Gasteiger partial charge in [-0.3, -0.25) is 0 Å². The highest BCUT2D eigenvalue weighted by Gasteiger charge is 1.99. The van der Waals surface area contributed by atoms with Gasteiger partial charge in [-0.25, -0.2) is 4.39 Å². The van der Waals surface area contributed by atoms with Gasteiger partial charge in [-0.2, -0.15) is 0 Å². The number of aryl methyl sites for hydroxylation is 3. The van der Waals surface area contributed by atoms with Crippen LogP contribution in [0.2, 0.25) is 0 Å². The molecular formula is C31H55FO2. The molecule has 0 saturated carbocycles. The Morgan fingerprint density at radius 1 is 0.824 bits per heavy atom. The van der Waals surface area contributed by atoms with E-state index in [2.05, 4.69) is 72.7 Å². The third kappa shape index (κ3) is 24.8. The fraction of sp³-hybridized carbons (Fsp3) is 0.613. The van der Waals surface area contributed by atoms with Crippen LogP contribution in [-0.2, 0) is 4.74 Å². The summed E-state index contributed by atoms with van der Waals surface area (Å²) < 4.78 is 22.6. The van der Waals surface area contributed by atoms with Crippen LogP contribution in [0, 0.1) is 32.5 Å². The SMILES string of the molecule is CC.CCCCC(C)C.CCOC(C)CC.COc1ccc(C)cc1F.Cc1cccc(C)c1. The Balaban J connectivity index is -0.000000372. The molecule has 0 fully saturated rings. The first-order valence-corrected chi connectivity index (χ1v) is 13.1. The van der Waals surface area contributed by atoms with Gasteiger partial charge in [0, 0.05) is 6.61 Å². The summed E-state index contributed by atoms with van der Waals surface area (Å²) >= 11 is 0. The van der Waals surface area contributed by atoms with Crippen LogP contribution in [0.25, 0.3) is 0 Å². The third-order valence-corrected chi connectivity index (χ3v) is 4.64. The molecule has 0 bridgehead atoms. The van der Waals surface area contributed by atoms with Gasteiger partial charge in [-0.05, 0) is 64.7 Å². The lowest BCUT2D eigenvalue weighted by Gasteiger charge is -2.05. The first kappa shape index (κ1) is 36.7. The van der Waals surface area contributed by atoms with Crippen LogP contribution in [-0.4, -0.2) is 19.8 Å². The van der Waals surface area contributed by atoms with E-state index in [4.69, 9.17) is 9.47 Å². The summed E-state index contributed by atoms with van der Waals surface area (Å²) in [5.41, 5.74) is 3.58. The molecule has 0 radical (unpaired) electrons. The number of rotatable bonds is 7. The second kappa shape index (κ2) is 25.7. The lowest BCUT2D eigenvalue weighted by Crippen LogP contribution is -2.04. The van der Waals surface area contributed by atoms with Crippen LogP contribution >= 0.6 is 0 Å². The summed E-state index contributed by atoms with van der Waals surface area (Å²) in [4.78, 5) is 0. The molecule has 1 atom stereocenters. The minimum atomic E-state index is -0.303. The molecule has 0 aliphatic rings. The van der Waals surface area contributed by atoms with Crippen molar-refractivity contribution in [2.24, 2.45) is 5.92 Å². The molecule has 0 aliphatic heterocycles. The van der Waals surface area contributed by atoms with Crippen LogP contribution < -0.4 is 4.74 Å². The van der Waals surface area contributed by atoms with E-state index in [1.165, 1.54) is 43.6 Å². The molecule has 0 spiro atoms. The molecule has 0 aromatic heterocycles. The average molecular weight is 479 g/mol. The van der Waals surface area contributed by atoms with Gasteiger partial charge in [0.05, 0.1) is 13.2 Å². The number of ether oxygens (including phenoxy) is 2. The summed E-state index contributed by atoms with van der Waals surface area (Å²) in [6.07, 6.45) is 5.71. The van der Waals surface area contributed by atoms with Gasteiger partial charge in [-0.15, -0.1) is 0 Å². The van der Waals surface area contributed by atoms with E-state index in [-0.39, 0.29) is 5.82 Å². The molecule has 2 rings (SSSR count). The Morgan fingerprint density at radius 3 is 1.62 bits per heavy atom. The predicted molar refractivity (Wildman–Crippen MR) is 151 cm³/mol. The first-order chi connectivity index (χ1) is 16.1. The van der Waals surface area contributed by atoms with Crippen LogP contribution in [0.15, 0.2) is 42.5 Å². The summed E-state index contributed by atoms with van der Waals surface area (Å²) in [5, 5.41) is 0. The van der Waals surface area contributed by atoms with Gasteiger partial charge in [0.15, 0.2) is 11.6 Å². The number of hydrogen-bond acceptors (Lipinski definition) is 2. The van der Waals surface area contributed by atoms with E-state index in [0.29, 0.717) is 11.9 Å². The summed E-state index contributed by atoms with van der Waals surface area (Å²) in [6.45, 7) is 23.9. The Bertz CT molecular complexity index is 666. The van der Waals surface area contributed by atoms with Crippen molar-refractivity contribution in [2.75, 3.05) is 13.7 Å². The van der Waals surface area contributed by atoms with Crippen LogP contribution in [0.3, 0.4) is 0 Å². The predicted octanol–water partition coefficient (Wildman–Crippen LogP) is 10.1. The maximum atomic E-state index is 12.7. The van der Waals surface area contributed by atoms with Crippen molar-refractivity contribution in [3.8, 4) is 5.75 Å². The van der Waals surface area contributed by atoms with Gasteiger partial charge >= 0.3 is 0 Å². The topological polar surface area (TPSA) is 18.5 Å². The van der Waals surface area contributed by atoms with Crippen molar-refractivity contribution >= 4 is 0 Å². The van der Waals surface area contributed by atoms with E-state index >= 15 is 0 Å². The molecule has 1 unspecified atom stereocenters. The normalized spacial score (nSPS) is 10.2. The zero-order chi connectivity index (χ0) is 26.9. The molecule has 0 saturated heterocycles. The smallest absolute Gasteiger partial charge is 0.165 e. The van der Waals surface area contributed by atoms with Crippen molar-refractivity contribution in [1.82, 2.24) is 0 Å². The molecule has 2 aromatic carbocycles. The molecule has 34 heavy (non-hydrogen) atoms. The van der Waals surface area contributed by atoms with E-state index in [9.17, 15) is 4.39 Å². The maximum Gasteiger partial charge on any atom is 0.165 e. The summed E-state index contributed by atoms with van der Waals surface area (Å²) in [7, 11) is 1.45. The van der Waals surface area contributed by atoms with Gasteiger partial charge < -0.3 is 9.47 Å². The fourth-order valence-electron chi connectivity index (χ4n) is 2.59. The Kier molecular flexibility index (Phi) is 27.8. The van der Waals surface area contributed by atoms with Crippen molar-refractivity contribution in [1.29, 1.82) is 0 Å². The van der Waals surface area contributed by atoms with E-state index in [0.717, 1.165) is 24.5 Å². The Labute approximate surface area is 212 Å². The average Bonchev–Trinajstić information content (AvgIpc) is 2.80. The minimum absolute atomic E-state index is 0.297. The molecule has 2 aromatic rings. The highest BCUT2D eigenvalue weighted by atomic mass is 19.1. The highest BCUT2D eigenvalue weighted by Crippen LogP contribution is 2.16. The van der Waals surface area contributed by atoms with Crippen LogP contribution in [0.4, 0.5) is 4.39 Å². The zero-order valence-corrected chi connectivity index (χ0v) is 24.4. The maximum absolute atomic E-state index is 12.7. The lowest BCUT2D eigenvalue weighted by atomic mass is 10.1. The Hall–Kier alpha value is -1.87. The van der Waals surface area contributed by atoms with Gasteiger partial charge in [0.1, 0.15) is 0 Å². The first-order valence-electron chi connectivity index (χ1n) is 13.1. The van der Waals surface area contributed by atoms with Gasteiger partial charge in [0.25, 0.3) is 0 Å². The zero-order valence-electron chi connectivity index (χ0n) is 24.4. The monoisotopic (exact) mass is 478 g/mol. The van der Waals surface area contributed by atoms with E-state index in [1.54, 1.807) is 6.07 Å². The number of methoxy groups -OCH3 is 1. The summed E-state index contributed by atoms with van der Waals surface area (Å²) in [5.74, 6) is 0.896. The molecule has 0 aliphatic carbocycles. The molecule has 3 heteroatoms. The van der Waals surface area contributed by atoms with Crippen molar-refractivity contribution in [2.45, 2.75) is 108 Å². The van der Waals surface area contributed by atoms with Crippen LogP contribution in [0.5, 0.6) is 5.75 Å². The quantitative estimate of drug-likeness (QED) is 0.394. The Morgan fingerprint density at radius 2 is 1.35 bits per heavy atom. The highest BCUT2D eigenvalue weighted by molar-refractivity contribution is 5.28. The molecule has 198 valence electrons. The third-order valence-electron chi connectivity index (χ3n) is 4.64. The van der Waals surface area contributed by atoms with Crippen molar-refractivity contribution in [3.63, 3.8) is 0 Å². The number of unbranched alkanes of at least 4 members (excludes halogenated alkanes) is 1. The van der Waals surface area contributed by atoms with E-state index < -0.39 is 0 Å². The largest absolute Gasteiger partial charge is 0.494 e. The van der Waals surface area contributed by atoms with E-state index in [1.807, 2.05) is 33.8 Å². The lowest BCUT2D eigenvalue weighted by molar-refractivity contribution is 0.0739. The molecular weight excluding hydrogens is 423 g/mol. The number of benzene rings is 2. The van der Waals surface area contributed by atoms with Gasteiger partial charge in [0.2, 0.25) is 0 Å². The minimum Gasteiger partial charge on any atom is -0.494 e. The number of hydrogen-bond donors (Lipinski definition) is 0. The molecule has 0 heterocycles. The fourth-order valence-corrected chi connectivity index (χ4v) is 2.59. The van der Waals surface area contributed by atoms with Gasteiger partial charge in [-0.1, -0.05) is 102 Å². The molecule has 0 N–H and O–H groups in total. The number of halogens is 1. The standard InChI is InChI=1S/C8H9FO.C8H10.C7H16.C6H14O.C2H6/c1-6-3-4-8(10-2)7(9)5-6;1-7-4-3-5-8(2)6-7;1-4-5-6-7(2)3;1-4-6(3)7-5-2;1-2/h3-5H,1-2H3;3-6H,1-2H3;7H,4-6H2,1-3H3;6H,4-5H2,1-3H3;1-2H3. The second-order valence-corrected chi connectivity index (χ2v) is 8.51. The van der Waals surface area contributed by atoms with Crippen LogP contribution in [0.1, 0.15) is 97.8 Å². The van der Waals surface area contributed by atoms with Crippen molar-refractivity contribution in [3.05, 3.63) is 65.0 Å².